The molecule has 2 aromatic heterocycles. The van der Waals surface area contributed by atoms with Crippen LogP contribution in [-0.2, 0) is 16.1 Å². The summed E-state index contributed by atoms with van der Waals surface area (Å²) in [5.41, 5.74) is 2.04. The molecule has 2 amide bonds. The molecular formula is C24H23N5O4S. The van der Waals surface area contributed by atoms with E-state index in [1.807, 2.05) is 41.0 Å². The van der Waals surface area contributed by atoms with E-state index in [1.165, 1.54) is 18.7 Å². The van der Waals surface area contributed by atoms with Crippen LogP contribution in [0.5, 0.6) is 5.75 Å². The van der Waals surface area contributed by atoms with Crippen molar-refractivity contribution in [2.24, 2.45) is 0 Å². The molecule has 0 aliphatic heterocycles. The van der Waals surface area contributed by atoms with Crippen LogP contribution < -0.4 is 15.4 Å². The number of nitrogens with one attached hydrogen (secondary N) is 2. The van der Waals surface area contributed by atoms with Gasteiger partial charge in [0, 0.05) is 23.9 Å². The van der Waals surface area contributed by atoms with Gasteiger partial charge in [0.25, 0.3) is 0 Å². The second-order valence-electron chi connectivity index (χ2n) is 7.30. The molecule has 34 heavy (non-hydrogen) atoms. The fourth-order valence-electron chi connectivity index (χ4n) is 3.28. The van der Waals surface area contributed by atoms with Gasteiger partial charge in [0.05, 0.1) is 25.7 Å². The fourth-order valence-corrected chi connectivity index (χ4v) is 4.02. The first kappa shape index (κ1) is 23.1. The molecule has 4 rings (SSSR count). The van der Waals surface area contributed by atoms with Gasteiger partial charge in [0.1, 0.15) is 11.5 Å². The van der Waals surface area contributed by atoms with Crippen molar-refractivity contribution in [2.75, 3.05) is 23.5 Å². The second kappa shape index (κ2) is 10.7. The minimum atomic E-state index is -0.208. The van der Waals surface area contributed by atoms with Gasteiger partial charge in [-0.3, -0.25) is 14.2 Å². The first-order chi connectivity index (χ1) is 16.5. The smallest absolute Gasteiger partial charge is 0.234 e. The molecule has 0 fully saturated rings. The molecule has 2 N–H and O–H groups in total. The number of thioether (sulfide) groups is 1. The van der Waals surface area contributed by atoms with Crippen molar-refractivity contribution in [3.8, 4) is 17.1 Å². The second-order valence-corrected chi connectivity index (χ2v) is 8.24. The van der Waals surface area contributed by atoms with Gasteiger partial charge < -0.3 is 19.8 Å². The monoisotopic (exact) mass is 477 g/mol. The summed E-state index contributed by atoms with van der Waals surface area (Å²) in [6.07, 6.45) is 1.61. The maximum atomic E-state index is 12.6. The maximum absolute atomic E-state index is 12.6. The quantitative estimate of drug-likeness (QED) is 0.346. The zero-order chi connectivity index (χ0) is 23.9. The first-order valence-corrected chi connectivity index (χ1v) is 11.4. The molecule has 0 unspecified atom stereocenters. The molecule has 0 atom stereocenters. The van der Waals surface area contributed by atoms with Crippen LogP contribution in [-0.4, -0.2) is 39.4 Å². The topological polar surface area (TPSA) is 111 Å². The molecule has 2 heterocycles. The van der Waals surface area contributed by atoms with Crippen LogP contribution in [0.1, 0.15) is 12.7 Å². The average Bonchev–Trinajstić information content (AvgIpc) is 3.48. The van der Waals surface area contributed by atoms with Crippen molar-refractivity contribution in [3.63, 3.8) is 0 Å². The van der Waals surface area contributed by atoms with Gasteiger partial charge in [-0.1, -0.05) is 30.0 Å². The van der Waals surface area contributed by atoms with Gasteiger partial charge >= 0.3 is 0 Å². The summed E-state index contributed by atoms with van der Waals surface area (Å²) >= 11 is 1.27. The van der Waals surface area contributed by atoms with Crippen molar-refractivity contribution >= 4 is 35.0 Å². The van der Waals surface area contributed by atoms with Crippen molar-refractivity contribution in [3.05, 3.63) is 72.7 Å². The van der Waals surface area contributed by atoms with Crippen molar-refractivity contribution in [1.82, 2.24) is 14.8 Å². The van der Waals surface area contributed by atoms with Crippen LogP contribution in [0, 0.1) is 0 Å². The Labute approximate surface area is 200 Å². The third-order valence-corrected chi connectivity index (χ3v) is 5.70. The number of furan rings is 1. The van der Waals surface area contributed by atoms with E-state index in [4.69, 9.17) is 9.15 Å². The third kappa shape index (κ3) is 5.84. The largest absolute Gasteiger partial charge is 0.497 e. The van der Waals surface area contributed by atoms with E-state index in [0.717, 1.165) is 11.3 Å². The molecule has 0 radical (unpaired) electrons. The van der Waals surface area contributed by atoms with Gasteiger partial charge in [-0.05, 0) is 42.5 Å². The third-order valence-electron chi connectivity index (χ3n) is 4.74. The summed E-state index contributed by atoms with van der Waals surface area (Å²) in [5, 5.41) is 14.8. The molecular weight excluding hydrogens is 454 g/mol. The number of amides is 2. The van der Waals surface area contributed by atoms with E-state index in [2.05, 4.69) is 20.8 Å². The molecule has 10 heteroatoms. The van der Waals surface area contributed by atoms with Crippen LogP contribution in [0.25, 0.3) is 11.4 Å². The van der Waals surface area contributed by atoms with Gasteiger partial charge in [-0.25, -0.2) is 0 Å². The van der Waals surface area contributed by atoms with Gasteiger partial charge in [-0.15, -0.1) is 10.2 Å². The van der Waals surface area contributed by atoms with Crippen LogP contribution >= 0.6 is 11.8 Å². The summed E-state index contributed by atoms with van der Waals surface area (Å²) in [5.74, 6) is 1.83. The van der Waals surface area contributed by atoms with E-state index in [-0.39, 0.29) is 17.6 Å². The summed E-state index contributed by atoms with van der Waals surface area (Å²) in [4.78, 5) is 23.9. The van der Waals surface area contributed by atoms with E-state index in [9.17, 15) is 9.59 Å². The van der Waals surface area contributed by atoms with Crippen molar-refractivity contribution < 1.29 is 18.7 Å². The normalized spacial score (nSPS) is 10.6. The molecule has 0 spiro atoms. The Kier molecular flexibility index (Phi) is 7.28. The van der Waals surface area contributed by atoms with Crippen molar-refractivity contribution in [2.45, 2.75) is 18.6 Å². The zero-order valence-corrected chi connectivity index (χ0v) is 19.5. The van der Waals surface area contributed by atoms with E-state index in [1.54, 1.807) is 37.6 Å². The number of anilines is 2. The molecule has 9 nitrogen and oxygen atoms in total. The highest BCUT2D eigenvalue weighted by atomic mass is 32.2. The summed E-state index contributed by atoms with van der Waals surface area (Å²) < 4.78 is 12.8. The fraction of sp³-hybridized carbons (Fsp3) is 0.167. The molecule has 0 saturated heterocycles. The summed E-state index contributed by atoms with van der Waals surface area (Å²) in [7, 11) is 1.61. The Morgan fingerprint density at radius 1 is 1.03 bits per heavy atom. The van der Waals surface area contributed by atoms with Crippen LogP contribution in [0.4, 0.5) is 11.4 Å². The van der Waals surface area contributed by atoms with Crippen LogP contribution in [0.3, 0.4) is 0 Å². The zero-order valence-electron chi connectivity index (χ0n) is 18.6. The Morgan fingerprint density at radius 3 is 2.56 bits per heavy atom. The van der Waals surface area contributed by atoms with Gasteiger partial charge in [0.2, 0.25) is 11.8 Å². The molecule has 4 aromatic rings. The lowest BCUT2D eigenvalue weighted by molar-refractivity contribution is -0.114. The van der Waals surface area contributed by atoms with Crippen molar-refractivity contribution in [1.29, 1.82) is 0 Å². The minimum absolute atomic E-state index is 0.124. The number of hydrogen-bond acceptors (Lipinski definition) is 7. The van der Waals surface area contributed by atoms with E-state index in [0.29, 0.717) is 34.6 Å². The molecule has 2 aromatic carbocycles. The SMILES string of the molecule is COc1cccc(-c2nnc(SCC(=O)Nc3cccc(NC(C)=O)c3)n2Cc2ccco2)c1. The first-order valence-electron chi connectivity index (χ1n) is 10.4. The maximum Gasteiger partial charge on any atom is 0.234 e. The standard InChI is InChI=1S/C24H23N5O4S/c1-16(30)25-18-7-4-8-19(13-18)26-22(31)15-34-24-28-27-23(17-6-3-9-20(12-17)32-2)29(24)14-21-10-5-11-33-21/h3-13H,14-15H2,1-2H3,(H,25,30)(H,26,31). The molecule has 174 valence electrons. The van der Waals surface area contributed by atoms with E-state index < -0.39 is 0 Å². The number of nitrogens with zero attached hydrogens (tertiary/aromatic N) is 3. The van der Waals surface area contributed by atoms with E-state index >= 15 is 0 Å². The highest BCUT2D eigenvalue weighted by Crippen LogP contribution is 2.28. The molecule has 0 aliphatic rings. The highest BCUT2D eigenvalue weighted by Gasteiger charge is 2.17. The predicted molar refractivity (Wildman–Crippen MR) is 130 cm³/mol. The number of methoxy groups -OCH3 is 1. The number of rotatable bonds is 9. The van der Waals surface area contributed by atoms with Gasteiger partial charge in [0.15, 0.2) is 11.0 Å². The Morgan fingerprint density at radius 2 is 1.82 bits per heavy atom. The number of carbonyl (C=O) groups is 2. The number of aromatic nitrogens is 3. The predicted octanol–water partition coefficient (Wildman–Crippen LogP) is 4.28. The average molecular weight is 478 g/mol. The number of ether oxygens (including phenoxy) is 1. The summed E-state index contributed by atoms with van der Waals surface area (Å²) in [6.45, 7) is 1.84. The Bertz CT molecular complexity index is 1290. The van der Waals surface area contributed by atoms with Gasteiger partial charge in [-0.2, -0.15) is 0 Å². The lowest BCUT2D eigenvalue weighted by Crippen LogP contribution is -2.15. The highest BCUT2D eigenvalue weighted by molar-refractivity contribution is 7.99. The minimum Gasteiger partial charge on any atom is -0.497 e. The number of hydrogen-bond donors (Lipinski definition) is 2. The molecule has 0 saturated carbocycles. The molecule has 0 aliphatic carbocycles. The Balaban J connectivity index is 1.50. The number of benzene rings is 2. The van der Waals surface area contributed by atoms with Crippen LogP contribution in [0.15, 0.2) is 76.5 Å². The summed E-state index contributed by atoms with van der Waals surface area (Å²) in [6, 6.07) is 18.2. The lowest BCUT2D eigenvalue weighted by atomic mass is 10.2. The lowest BCUT2D eigenvalue weighted by Gasteiger charge is -2.10. The Hall–Kier alpha value is -4.05. The number of carbonyl (C=O) groups excluding carboxylic acids is 2. The molecule has 0 bridgehead atoms. The van der Waals surface area contributed by atoms with Crippen LogP contribution in [0.2, 0.25) is 0 Å².